The number of benzene rings is 3. The highest BCUT2D eigenvalue weighted by atomic mass is 16.5. The van der Waals surface area contributed by atoms with Crippen molar-refractivity contribution in [3.8, 4) is 16.9 Å². The molecule has 2 aliphatic rings. The summed E-state index contributed by atoms with van der Waals surface area (Å²) < 4.78 is 6.09. The van der Waals surface area contributed by atoms with Gasteiger partial charge in [-0.1, -0.05) is 48.9 Å². The molecular formula is C33H39N3O2. The van der Waals surface area contributed by atoms with Crippen molar-refractivity contribution < 1.29 is 9.53 Å². The molecule has 5 nitrogen and oxygen atoms in total. The zero-order chi connectivity index (χ0) is 26.5. The van der Waals surface area contributed by atoms with E-state index in [1.54, 1.807) is 0 Å². The van der Waals surface area contributed by atoms with E-state index >= 15 is 0 Å². The van der Waals surface area contributed by atoms with Gasteiger partial charge in [0.25, 0.3) is 0 Å². The van der Waals surface area contributed by atoms with E-state index in [4.69, 9.17) is 16.2 Å². The lowest BCUT2D eigenvalue weighted by molar-refractivity contribution is -0.120. The fraction of sp³-hybridized carbons (Fsp3) is 0.364. The number of nitrogen functional groups attached to an aromatic ring is 1. The Labute approximate surface area is 226 Å². The molecule has 2 heterocycles. The van der Waals surface area contributed by atoms with Gasteiger partial charge in [-0.3, -0.25) is 4.79 Å². The van der Waals surface area contributed by atoms with Crippen LogP contribution in [0.1, 0.15) is 48.8 Å². The van der Waals surface area contributed by atoms with Gasteiger partial charge < -0.3 is 21.1 Å². The molecule has 0 aliphatic carbocycles. The van der Waals surface area contributed by atoms with Gasteiger partial charge in [0.1, 0.15) is 5.75 Å². The van der Waals surface area contributed by atoms with E-state index in [-0.39, 0.29) is 11.7 Å². The maximum atomic E-state index is 14.2. The Bertz CT molecular complexity index is 1280. The number of ketones is 1. The molecule has 2 atom stereocenters. The number of fused-ring (bicyclic) bond motifs is 1. The van der Waals surface area contributed by atoms with Crippen molar-refractivity contribution >= 4 is 17.5 Å². The maximum Gasteiger partial charge on any atom is 0.162 e. The molecule has 1 saturated heterocycles. The van der Waals surface area contributed by atoms with Crippen LogP contribution in [0.5, 0.6) is 5.75 Å². The zero-order valence-electron chi connectivity index (χ0n) is 22.4. The summed E-state index contributed by atoms with van der Waals surface area (Å²) in [5, 5.41) is 0. The number of rotatable bonds is 8. The number of Topliss-reactive ketones (excluding diaryl/α,β-unsaturated/α-hetero) is 1. The van der Waals surface area contributed by atoms with E-state index in [2.05, 4.69) is 66.6 Å². The number of nitrogens with two attached hydrogens (primary N) is 2. The van der Waals surface area contributed by atoms with Crippen molar-refractivity contribution in [2.75, 3.05) is 25.9 Å². The average Bonchev–Trinajstić information content (AvgIpc) is 3.17. The number of likely N-dealkylation sites (tertiary alicyclic amines) is 1. The summed E-state index contributed by atoms with van der Waals surface area (Å²) in [4.78, 5) is 16.6. The molecule has 5 heteroatoms. The fourth-order valence-electron chi connectivity index (χ4n) is 5.78. The van der Waals surface area contributed by atoms with Crippen LogP contribution in [0.25, 0.3) is 17.2 Å². The molecule has 5 rings (SSSR count). The van der Waals surface area contributed by atoms with E-state index in [0.717, 1.165) is 70.6 Å². The van der Waals surface area contributed by atoms with Crippen molar-refractivity contribution in [1.29, 1.82) is 0 Å². The van der Waals surface area contributed by atoms with Crippen LogP contribution >= 0.6 is 0 Å². The minimum absolute atomic E-state index is 0.0797. The second kappa shape index (κ2) is 12.0. The lowest BCUT2D eigenvalue weighted by atomic mass is 9.82. The molecule has 3 aromatic carbocycles. The lowest BCUT2D eigenvalue weighted by Crippen LogP contribution is -2.39. The normalized spacial score (nSPS) is 18.6. The minimum Gasteiger partial charge on any atom is -0.493 e. The summed E-state index contributed by atoms with van der Waals surface area (Å²) in [5.41, 5.74) is 18.8. The molecule has 198 valence electrons. The maximum absolute atomic E-state index is 14.2. The molecule has 0 radical (unpaired) electrons. The van der Waals surface area contributed by atoms with Crippen LogP contribution in [0, 0.1) is 5.92 Å². The quantitative estimate of drug-likeness (QED) is 0.372. The summed E-state index contributed by atoms with van der Waals surface area (Å²) in [6.45, 7) is 2.14. The molecule has 0 aromatic heterocycles. The van der Waals surface area contributed by atoms with Gasteiger partial charge in [-0.15, -0.1) is 0 Å². The predicted octanol–water partition coefficient (Wildman–Crippen LogP) is 5.86. The third-order valence-electron chi connectivity index (χ3n) is 8.12. The van der Waals surface area contributed by atoms with Crippen LogP contribution in [-0.2, 0) is 17.8 Å². The second-order valence-electron chi connectivity index (χ2n) is 10.8. The zero-order valence-corrected chi connectivity index (χ0v) is 22.4. The van der Waals surface area contributed by atoms with Crippen molar-refractivity contribution in [3.05, 3.63) is 89.0 Å². The molecule has 4 N–H and O–H groups in total. The Morgan fingerprint density at radius 2 is 1.74 bits per heavy atom. The standard InChI is InChI=1S/C33H39N3O2/c1-36-16-3-2-4-31(36)21-29(18-23-7-12-30(35)13-8-23)33(37)27-15-17-38-32-14-11-26(19-28(32)20-27)25-9-5-24(22-34)6-10-25/h5-14,19-20,29,31H,2-4,15-18,21-22,34-35H2,1H3. The first-order valence-corrected chi connectivity index (χ1v) is 13.9. The highest BCUT2D eigenvalue weighted by Crippen LogP contribution is 2.33. The number of hydrogen-bond donors (Lipinski definition) is 2. The third-order valence-corrected chi connectivity index (χ3v) is 8.12. The molecule has 0 saturated carbocycles. The van der Waals surface area contributed by atoms with Crippen LogP contribution in [0.2, 0.25) is 0 Å². The lowest BCUT2D eigenvalue weighted by Gasteiger charge is -2.34. The first kappa shape index (κ1) is 26.2. The number of piperidine rings is 1. The molecule has 3 aromatic rings. The van der Waals surface area contributed by atoms with Crippen molar-refractivity contribution in [1.82, 2.24) is 4.90 Å². The highest BCUT2D eigenvalue weighted by Gasteiger charge is 2.29. The molecule has 2 aliphatic heterocycles. The molecule has 0 amide bonds. The topological polar surface area (TPSA) is 81.6 Å². The summed E-state index contributed by atoms with van der Waals surface area (Å²) in [7, 11) is 2.20. The number of nitrogens with zero attached hydrogens (tertiary/aromatic N) is 1. The predicted molar refractivity (Wildman–Crippen MR) is 156 cm³/mol. The summed E-state index contributed by atoms with van der Waals surface area (Å²) in [6.07, 6.45) is 7.91. The molecule has 0 bridgehead atoms. The van der Waals surface area contributed by atoms with Crippen LogP contribution in [0.15, 0.2) is 72.3 Å². The van der Waals surface area contributed by atoms with Gasteiger partial charge in [0.15, 0.2) is 5.78 Å². The Balaban J connectivity index is 1.43. The molecular weight excluding hydrogens is 470 g/mol. The second-order valence-corrected chi connectivity index (χ2v) is 10.8. The van der Waals surface area contributed by atoms with Crippen molar-refractivity contribution in [2.45, 2.75) is 51.1 Å². The number of carbonyl (C=O) groups is 1. The Morgan fingerprint density at radius 1 is 1.00 bits per heavy atom. The van der Waals surface area contributed by atoms with Crippen LogP contribution in [0.4, 0.5) is 5.69 Å². The SMILES string of the molecule is CN1CCCCC1CC(Cc1ccc(N)cc1)C(=O)C1=Cc2cc(-c3ccc(CN)cc3)ccc2OCC1. The number of carbonyl (C=O) groups excluding carboxylic acids is 1. The highest BCUT2D eigenvalue weighted by molar-refractivity contribution is 6.02. The van der Waals surface area contributed by atoms with Gasteiger partial charge in [-0.2, -0.15) is 0 Å². The number of ether oxygens (including phenoxy) is 1. The van der Waals surface area contributed by atoms with Gasteiger partial charge in [0.05, 0.1) is 6.61 Å². The Hall–Kier alpha value is -3.41. The van der Waals surface area contributed by atoms with E-state index in [1.807, 2.05) is 18.2 Å². The van der Waals surface area contributed by atoms with Crippen LogP contribution in [-0.4, -0.2) is 36.9 Å². The molecule has 0 spiro atoms. The average molecular weight is 510 g/mol. The molecule has 38 heavy (non-hydrogen) atoms. The number of hydrogen-bond acceptors (Lipinski definition) is 5. The smallest absolute Gasteiger partial charge is 0.162 e. The van der Waals surface area contributed by atoms with E-state index in [0.29, 0.717) is 25.6 Å². The van der Waals surface area contributed by atoms with Crippen molar-refractivity contribution in [3.63, 3.8) is 0 Å². The van der Waals surface area contributed by atoms with E-state index in [1.165, 1.54) is 12.8 Å². The summed E-state index contributed by atoms with van der Waals surface area (Å²) >= 11 is 0. The largest absolute Gasteiger partial charge is 0.493 e. The first-order valence-electron chi connectivity index (χ1n) is 13.9. The Morgan fingerprint density at radius 3 is 2.47 bits per heavy atom. The third kappa shape index (κ3) is 6.17. The van der Waals surface area contributed by atoms with Crippen molar-refractivity contribution in [2.24, 2.45) is 11.7 Å². The number of anilines is 1. The summed E-state index contributed by atoms with van der Waals surface area (Å²) in [6, 6.07) is 23.0. The van der Waals surface area contributed by atoms with E-state index < -0.39 is 0 Å². The van der Waals surface area contributed by atoms with Gasteiger partial charge in [-0.05, 0) is 97.4 Å². The Kier molecular flexibility index (Phi) is 8.26. The monoisotopic (exact) mass is 509 g/mol. The van der Waals surface area contributed by atoms with Crippen LogP contribution in [0.3, 0.4) is 0 Å². The minimum atomic E-state index is -0.0797. The first-order chi connectivity index (χ1) is 18.5. The van der Waals surface area contributed by atoms with Crippen LogP contribution < -0.4 is 16.2 Å². The molecule has 1 fully saturated rings. The van der Waals surface area contributed by atoms with Gasteiger partial charge in [-0.25, -0.2) is 0 Å². The summed E-state index contributed by atoms with van der Waals surface area (Å²) in [5.74, 6) is 0.996. The van der Waals surface area contributed by atoms with Gasteiger partial charge >= 0.3 is 0 Å². The fourth-order valence-corrected chi connectivity index (χ4v) is 5.78. The van der Waals surface area contributed by atoms with E-state index in [9.17, 15) is 4.79 Å². The molecule has 2 unspecified atom stereocenters. The van der Waals surface area contributed by atoms with Gasteiger partial charge in [0, 0.05) is 36.2 Å². The van der Waals surface area contributed by atoms with Gasteiger partial charge in [0.2, 0.25) is 0 Å².